The van der Waals surface area contributed by atoms with Crippen molar-refractivity contribution in [2.24, 2.45) is 0 Å². The molecule has 0 aliphatic carbocycles. The third-order valence-electron chi connectivity index (χ3n) is 3.38. The number of rotatable bonds is 6. The summed E-state index contributed by atoms with van der Waals surface area (Å²) in [4.78, 5) is 14.0. The van der Waals surface area contributed by atoms with Gasteiger partial charge < -0.3 is 19.7 Å². The highest BCUT2D eigenvalue weighted by Crippen LogP contribution is 2.27. The molecule has 22 heavy (non-hydrogen) atoms. The summed E-state index contributed by atoms with van der Waals surface area (Å²) in [5, 5.41) is 3.73. The van der Waals surface area contributed by atoms with Crippen molar-refractivity contribution in [2.75, 3.05) is 39.9 Å². The number of ether oxygens (including phenoxy) is 2. The highest BCUT2D eigenvalue weighted by atomic mass is 35.5. The zero-order valence-corrected chi connectivity index (χ0v) is 14.0. The van der Waals surface area contributed by atoms with E-state index in [1.807, 2.05) is 0 Å². The molecule has 0 aromatic heterocycles. The molecule has 122 valence electrons. The molecular weight excluding hydrogens is 327 g/mol. The summed E-state index contributed by atoms with van der Waals surface area (Å²) in [6.45, 7) is 3.08. The Balaban J connectivity index is 1.65. The van der Waals surface area contributed by atoms with Gasteiger partial charge in [-0.15, -0.1) is 0 Å². The maximum absolute atomic E-state index is 11.7. The van der Waals surface area contributed by atoms with E-state index in [0.29, 0.717) is 22.3 Å². The van der Waals surface area contributed by atoms with Gasteiger partial charge >= 0.3 is 0 Å². The summed E-state index contributed by atoms with van der Waals surface area (Å²) in [7, 11) is 2.07. The van der Waals surface area contributed by atoms with Crippen LogP contribution in [0.15, 0.2) is 18.2 Å². The number of benzene rings is 1. The fourth-order valence-electron chi connectivity index (χ4n) is 2.20. The van der Waals surface area contributed by atoms with Gasteiger partial charge in [-0.1, -0.05) is 23.2 Å². The summed E-state index contributed by atoms with van der Waals surface area (Å²) in [5.41, 5.74) is 0. The Morgan fingerprint density at radius 2 is 2.32 bits per heavy atom. The van der Waals surface area contributed by atoms with E-state index < -0.39 is 0 Å². The normalized spacial score (nSPS) is 19.0. The highest BCUT2D eigenvalue weighted by Gasteiger charge is 2.17. The van der Waals surface area contributed by atoms with Gasteiger partial charge in [-0.25, -0.2) is 0 Å². The second kappa shape index (κ2) is 8.58. The van der Waals surface area contributed by atoms with Crippen molar-refractivity contribution in [3.05, 3.63) is 28.2 Å². The Bertz CT molecular complexity index is 514. The van der Waals surface area contributed by atoms with Gasteiger partial charge in [-0.05, 0) is 31.7 Å². The maximum Gasteiger partial charge on any atom is 0.257 e. The van der Waals surface area contributed by atoms with Gasteiger partial charge in [0.15, 0.2) is 6.61 Å². The van der Waals surface area contributed by atoms with Gasteiger partial charge in [0, 0.05) is 24.7 Å². The van der Waals surface area contributed by atoms with E-state index in [0.717, 1.165) is 26.1 Å². The summed E-state index contributed by atoms with van der Waals surface area (Å²) in [6.07, 6.45) is 0.961. The average Bonchev–Trinajstić information content (AvgIpc) is 2.46. The molecule has 1 saturated heterocycles. The lowest BCUT2D eigenvalue weighted by Gasteiger charge is -2.30. The van der Waals surface area contributed by atoms with E-state index in [-0.39, 0.29) is 18.6 Å². The maximum atomic E-state index is 11.7. The minimum atomic E-state index is -0.185. The number of hydrogen-bond acceptors (Lipinski definition) is 4. The average molecular weight is 347 g/mol. The molecule has 1 atom stereocenters. The molecule has 1 amide bonds. The number of nitrogens with one attached hydrogen (secondary N) is 1. The summed E-state index contributed by atoms with van der Waals surface area (Å²) in [6, 6.07) is 4.88. The van der Waals surface area contributed by atoms with Crippen LogP contribution in [0.5, 0.6) is 5.75 Å². The molecular formula is C15H20Cl2N2O3. The molecule has 5 nitrogen and oxygen atoms in total. The molecule has 1 unspecified atom stereocenters. The minimum Gasteiger partial charge on any atom is -0.482 e. The van der Waals surface area contributed by atoms with Crippen LogP contribution in [0.4, 0.5) is 0 Å². The lowest BCUT2D eigenvalue weighted by atomic mass is 10.2. The first-order valence-electron chi connectivity index (χ1n) is 7.19. The van der Waals surface area contributed by atoms with Crippen LogP contribution < -0.4 is 10.1 Å². The first-order chi connectivity index (χ1) is 10.5. The standard InChI is InChI=1S/C15H20Cl2N2O3/c1-19-6-7-21-12(9-19)4-5-18-15(20)10-22-14-3-2-11(16)8-13(14)17/h2-3,8,12H,4-7,9-10H2,1H3,(H,18,20). The van der Waals surface area contributed by atoms with Crippen molar-refractivity contribution >= 4 is 29.1 Å². The van der Waals surface area contributed by atoms with Gasteiger partial charge in [0.25, 0.3) is 5.91 Å². The van der Waals surface area contributed by atoms with E-state index in [1.165, 1.54) is 0 Å². The second-order valence-electron chi connectivity index (χ2n) is 5.26. The van der Waals surface area contributed by atoms with Crippen molar-refractivity contribution in [3.8, 4) is 5.75 Å². The number of halogens is 2. The van der Waals surface area contributed by atoms with E-state index in [4.69, 9.17) is 32.7 Å². The number of carbonyl (C=O) groups excluding carboxylic acids is 1. The molecule has 0 radical (unpaired) electrons. The van der Waals surface area contributed by atoms with Crippen molar-refractivity contribution < 1.29 is 14.3 Å². The molecule has 1 N–H and O–H groups in total. The van der Waals surface area contributed by atoms with Crippen molar-refractivity contribution in [3.63, 3.8) is 0 Å². The third-order valence-corrected chi connectivity index (χ3v) is 3.91. The predicted octanol–water partition coefficient (Wildman–Crippen LogP) is 2.21. The first-order valence-corrected chi connectivity index (χ1v) is 7.95. The van der Waals surface area contributed by atoms with Gasteiger partial charge in [-0.3, -0.25) is 4.79 Å². The van der Waals surface area contributed by atoms with Crippen LogP contribution >= 0.6 is 23.2 Å². The van der Waals surface area contributed by atoms with Crippen LogP contribution in [0.1, 0.15) is 6.42 Å². The smallest absolute Gasteiger partial charge is 0.257 e. The highest BCUT2D eigenvalue weighted by molar-refractivity contribution is 6.35. The molecule has 1 fully saturated rings. The SMILES string of the molecule is CN1CCOC(CCNC(=O)COc2ccc(Cl)cc2Cl)C1. The van der Waals surface area contributed by atoms with Crippen LogP contribution in [0.2, 0.25) is 10.0 Å². The minimum absolute atomic E-state index is 0.0766. The fraction of sp³-hybridized carbons (Fsp3) is 0.533. The third kappa shape index (κ3) is 5.65. The molecule has 0 bridgehead atoms. The summed E-state index contributed by atoms with van der Waals surface area (Å²) < 4.78 is 11.0. The van der Waals surface area contributed by atoms with E-state index in [9.17, 15) is 4.79 Å². The predicted molar refractivity (Wildman–Crippen MR) is 86.8 cm³/mol. The number of morpholine rings is 1. The Morgan fingerprint density at radius 1 is 1.50 bits per heavy atom. The Labute approximate surface area is 140 Å². The topological polar surface area (TPSA) is 50.8 Å². The summed E-state index contributed by atoms with van der Waals surface area (Å²) in [5.74, 6) is 0.258. The first kappa shape index (κ1) is 17.3. The molecule has 1 aliphatic rings. The van der Waals surface area contributed by atoms with E-state index in [1.54, 1.807) is 18.2 Å². The second-order valence-corrected chi connectivity index (χ2v) is 6.10. The van der Waals surface area contributed by atoms with Crippen LogP contribution in [-0.4, -0.2) is 56.8 Å². The lowest BCUT2D eigenvalue weighted by Crippen LogP contribution is -2.42. The monoisotopic (exact) mass is 346 g/mol. The molecule has 1 heterocycles. The molecule has 1 aromatic rings. The molecule has 1 aliphatic heterocycles. The van der Waals surface area contributed by atoms with E-state index >= 15 is 0 Å². The Hall–Kier alpha value is -1.01. The van der Waals surface area contributed by atoms with E-state index in [2.05, 4.69) is 17.3 Å². The van der Waals surface area contributed by atoms with Crippen molar-refractivity contribution in [1.82, 2.24) is 10.2 Å². The number of amides is 1. The lowest BCUT2D eigenvalue weighted by molar-refractivity contribution is -0.123. The number of nitrogens with zero attached hydrogens (tertiary/aromatic N) is 1. The zero-order chi connectivity index (χ0) is 15.9. The van der Waals surface area contributed by atoms with Gasteiger partial charge in [-0.2, -0.15) is 0 Å². The van der Waals surface area contributed by atoms with Gasteiger partial charge in [0.1, 0.15) is 5.75 Å². The van der Waals surface area contributed by atoms with Gasteiger partial charge in [0.2, 0.25) is 0 Å². The molecule has 1 aromatic carbocycles. The molecule has 0 spiro atoms. The van der Waals surface area contributed by atoms with Crippen molar-refractivity contribution in [1.29, 1.82) is 0 Å². The number of carbonyl (C=O) groups is 1. The fourth-order valence-corrected chi connectivity index (χ4v) is 2.66. The molecule has 0 saturated carbocycles. The van der Waals surface area contributed by atoms with Gasteiger partial charge in [0.05, 0.1) is 17.7 Å². The Morgan fingerprint density at radius 3 is 3.05 bits per heavy atom. The van der Waals surface area contributed by atoms with Crippen LogP contribution in [0.3, 0.4) is 0 Å². The molecule has 7 heteroatoms. The molecule has 2 rings (SSSR count). The van der Waals surface area contributed by atoms with Crippen LogP contribution in [0, 0.1) is 0 Å². The zero-order valence-electron chi connectivity index (χ0n) is 12.5. The number of likely N-dealkylation sites (N-methyl/N-ethyl adjacent to an activating group) is 1. The quantitative estimate of drug-likeness (QED) is 0.857. The summed E-state index contributed by atoms with van der Waals surface area (Å²) >= 11 is 11.8. The van der Waals surface area contributed by atoms with Crippen LogP contribution in [0.25, 0.3) is 0 Å². The largest absolute Gasteiger partial charge is 0.482 e. The number of hydrogen-bond donors (Lipinski definition) is 1. The van der Waals surface area contributed by atoms with Crippen LogP contribution in [-0.2, 0) is 9.53 Å². The Kier molecular flexibility index (Phi) is 6.76. The van der Waals surface area contributed by atoms with Crippen molar-refractivity contribution in [2.45, 2.75) is 12.5 Å².